The van der Waals surface area contributed by atoms with E-state index in [4.69, 9.17) is 4.42 Å². The van der Waals surface area contributed by atoms with Crippen molar-refractivity contribution in [3.63, 3.8) is 0 Å². The molecule has 0 aliphatic heterocycles. The highest BCUT2D eigenvalue weighted by molar-refractivity contribution is 7.98. The summed E-state index contributed by atoms with van der Waals surface area (Å²) < 4.78 is 5.06. The van der Waals surface area contributed by atoms with Crippen LogP contribution in [0.3, 0.4) is 0 Å². The van der Waals surface area contributed by atoms with Crippen LogP contribution in [0, 0.1) is 0 Å². The maximum absolute atomic E-state index is 12.4. The first kappa shape index (κ1) is 18.8. The van der Waals surface area contributed by atoms with Gasteiger partial charge in [0, 0.05) is 22.7 Å². The monoisotopic (exact) mass is 382 g/mol. The van der Waals surface area contributed by atoms with E-state index in [1.54, 1.807) is 41.5 Å². The molecule has 2 aromatic heterocycles. The summed E-state index contributed by atoms with van der Waals surface area (Å²) >= 11 is 1.69. The lowest BCUT2D eigenvalue weighted by Gasteiger charge is -2.20. The fourth-order valence-corrected chi connectivity index (χ4v) is 2.99. The van der Waals surface area contributed by atoms with E-state index in [-0.39, 0.29) is 6.03 Å². The molecular weight excluding hydrogens is 360 g/mol. The minimum Gasteiger partial charge on any atom is -0.472 e. The Balaban J connectivity index is 1.60. The van der Waals surface area contributed by atoms with Gasteiger partial charge in [-0.2, -0.15) is 0 Å². The number of carbonyl (C=O) groups is 1. The van der Waals surface area contributed by atoms with Gasteiger partial charge in [0.25, 0.3) is 0 Å². The van der Waals surface area contributed by atoms with Crippen molar-refractivity contribution in [2.24, 2.45) is 0 Å². The minimum atomic E-state index is -0.195. The molecule has 0 saturated carbocycles. The average molecular weight is 382 g/mol. The Kier molecular flexibility index (Phi) is 6.38. The number of hydrogen-bond donors (Lipinski definition) is 2. The van der Waals surface area contributed by atoms with E-state index in [0.717, 1.165) is 16.9 Å². The SMILES string of the molecule is CCN(Cc1ccoc1)C(=O)Nc1ccc(Nc2cccc(SC)c2)cn1. The van der Waals surface area contributed by atoms with Gasteiger partial charge < -0.3 is 14.6 Å². The summed E-state index contributed by atoms with van der Waals surface area (Å²) in [6, 6.07) is 13.5. The van der Waals surface area contributed by atoms with Crippen molar-refractivity contribution < 1.29 is 9.21 Å². The van der Waals surface area contributed by atoms with Crippen molar-refractivity contribution in [2.75, 3.05) is 23.4 Å². The number of rotatable bonds is 7. The summed E-state index contributed by atoms with van der Waals surface area (Å²) in [5.74, 6) is 0.508. The Morgan fingerprint density at radius 2 is 2.11 bits per heavy atom. The molecule has 0 spiro atoms. The molecule has 2 amide bonds. The molecule has 2 N–H and O–H groups in total. The molecule has 0 bridgehead atoms. The summed E-state index contributed by atoms with van der Waals surface area (Å²) in [7, 11) is 0. The number of hydrogen-bond acceptors (Lipinski definition) is 5. The molecule has 140 valence electrons. The Morgan fingerprint density at radius 3 is 2.78 bits per heavy atom. The van der Waals surface area contributed by atoms with Gasteiger partial charge in [-0.25, -0.2) is 9.78 Å². The number of anilines is 3. The van der Waals surface area contributed by atoms with Crippen LogP contribution in [0.2, 0.25) is 0 Å². The minimum absolute atomic E-state index is 0.195. The summed E-state index contributed by atoms with van der Waals surface area (Å²) in [6.45, 7) is 3.01. The van der Waals surface area contributed by atoms with E-state index in [1.165, 1.54) is 4.90 Å². The molecule has 0 fully saturated rings. The molecule has 0 unspecified atom stereocenters. The molecule has 3 rings (SSSR count). The first-order valence-corrected chi connectivity index (χ1v) is 9.84. The van der Waals surface area contributed by atoms with Crippen LogP contribution in [0.15, 0.2) is 70.5 Å². The predicted octanol–water partition coefficient (Wildman–Crippen LogP) is 5.19. The normalized spacial score (nSPS) is 10.4. The molecule has 7 heteroatoms. The molecule has 27 heavy (non-hydrogen) atoms. The van der Waals surface area contributed by atoms with Crippen molar-refractivity contribution in [1.82, 2.24) is 9.88 Å². The van der Waals surface area contributed by atoms with E-state index < -0.39 is 0 Å². The first-order valence-electron chi connectivity index (χ1n) is 8.62. The number of furan rings is 1. The van der Waals surface area contributed by atoms with E-state index in [0.29, 0.717) is 18.9 Å². The third kappa shape index (κ3) is 5.27. The summed E-state index contributed by atoms with van der Waals surface area (Å²) in [5, 5.41) is 6.14. The van der Waals surface area contributed by atoms with Gasteiger partial charge in [0.2, 0.25) is 0 Å². The maximum Gasteiger partial charge on any atom is 0.323 e. The third-order valence-electron chi connectivity index (χ3n) is 3.98. The van der Waals surface area contributed by atoms with Gasteiger partial charge in [0.05, 0.1) is 31.0 Å². The van der Waals surface area contributed by atoms with Crippen LogP contribution in [0.5, 0.6) is 0 Å². The highest BCUT2D eigenvalue weighted by Crippen LogP contribution is 2.22. The Labute approximate surface area is 163 Å². The number of nitrogens with one attached hydrogen (secondary N) is 2. The van der Waals surface area contributed by atoms with E-state index >= 15 is 0 Å². The van der Waals surface area contributed by atoms with Crippen molar-refractivity contribution in [3.05, 3.63) is 66.8 Å². The smallest absolute Gasteiger partial charge is 0.323 e. The largest absolute Gasteiger partial charge is 0.472 e. The van der Waals surface area contributed by atoms with Gasteiger partial charge in [-0.05, 0) is 49.6 Å². The molecule has 3 aromatic rings. The van der Waals surface area contributed by atoms with Crippen molar-refractivity contribution in [1.29, 1.82) is 0 Å². The Hall–Kier alpha value is -2.93. The second-order valence-electron chi connectivity index (χ2n) is 5.86. The van der Waals surface area contributed by atoms with E-state index in [2.05, 4.69) is 27.8 Å². The van der Waals surface area contributed by atoms with Crippen LogP contribution in [-0.2, 0) is 6.54 Å². The van der Waals surface area contributed by atoms with Gasteiger partial charge in [0.15, 0.2) is 0 Å². The Morgan fingerprint density at radius 1 is 1.22 bits per heavy atom. The molecular formula is C20H22N4O2S. The molecule has 2 heterocycles. The number of urea groups is 1. The third-order valence-corrected chi connectivity index (χ3v) is 4.70. The zero-order valence-corrected chi connectivity index (χ0v) is 16.1. The fraction of sp³-hybridized carbons (Fsp3) is 0.200. The molecule has 0 atom stereocenters. The average Bonchev–Trinajstić information content (AvgIpc) is 3.21. The zero-order chi connectivity index (χ0) is 19.1. The zero-order valence-electron chi connectivity index (χ0n) is 15.3. The number of aromatic nitrogens is 1. The molecule has 0 aliphatic rings. The Bertz CT molecular complexity index is 866. The van der Waals surface area contributed by atoms with Crippen LogP contribution < -0.4 is 10.6 Å². The highest BCUT2D eigenvalue weighted by Gasteiger charge is 2.13. The molecule has 1 aromatic carbocycles. The quantitative estimate of drug-likeness (QED) is 0.550. The van der Waals surface area contributed by atoms with Crippen LogP contribution in [0.1, 0.15) is 12.5 Å². The topological polar surface area (TPSA) is 70.4 Å². The molecule has 0 radical (unpaired) electrons. The van der Waals surface area contributed by atoms with Crippen molar-refractivity contribution >= 4 is 35.0 Å². The van der Waals surface area contributed by atoms with E-state index in [9.17, 15) is 4.79 Å². The second kappa shape index (κ2) is 9.14. The lowest BCUT2D eigenvalue weighted by atomic mass is 10.3. The summed E-state index contributed by atoms with van der Waals surface area (Å²) in [4.78, 5) is 19.6. The van der Waals surface area contributed by atoms with Crippen molar-refractivity contribution in [2.45, 2.75) is 18.4 Å². The number of thioether (sulfide) groups is 1. The second-order valence-corrected chi connectivity index (χ2v) is 6.74. The van der Waals surface area contributed by atoms with Crippen LogP contribution >= 0.6 is 11.8 Å². The fourth-order valence-electron chi connectivity index (χ4n) is 2.53. The van der Waals surface area contributed by atoms with Gasteiger partial charge >= 0.3 is 6.03 Å². The maximum atomic E-state index is 12.4. The number of pyridine rings is 1. The van der Waals surface area contributed by atoms with Gasteiger partial charge in [-0.3, -0.25) is 5.32 Å². The summed E-state index contributed by atoms with van der Waals surface area (Å²) in [5.41, 5.74) is 2.81. The molecule has 0 aliphatic carbocycles. The molecule has 6 nitrogen and oxygen atoms in total. The molecule has 0 saturated heterocycles. The van der Waals surface area contributed by atoms with Gasteiger partial charge in [-0.1, -0.05) is 6.07 Å². The predicted molar refractivity (Wildman–Crippen MR) is 110 cm³/mol. The van der Waals surface area contributed by atoms with Crippen molar-refractivity contribution in [3.8, 4) is 0 Å². The standard InChI is InChI=1S/C20H22N4O2S/c1-3-24(13-15-9-10-26-14-15)20(25)23-19-8-7-17(12-21-19)22-16-5-4-6-18(11-16)27-2/h4-12,14,22H,3,13H2,1-2H3,(H,21,23,25). The van der Waals surface area contributed by atoms with Gasteiger partial charge in [-0.15, -0.1) is 11.8 Å². The summed E-state index contributed by atoms with van der Waals surface area (Å²) in [6.07, 6.45) is 6.99. The highest BCUT2D eigenvalue weighted by atomic mass is 32.2. The van der Waals surface area contributed by atoms with E-state index in [1.807, 2.05) is 37.4 Å². The first-order chi connectivity index (χ1) is 13.2. The van der Waals surface area contributed by atoms with Crippen LogP contribution in [0.25, 0.3) is 0 Å². The van der Waals surface area contributed by atoms with Crippen LogP contribution in [-0.4, -0.2) is 28.7 Å². The van der Waals surface area contributed by atoms with Crippen LogP contribution in [0.4, 0.5) is 22.0 Å². The number of nitrogens with zero attached hydrogens (tertiary/aromatic N) is 2. The lowest BCUT2D eigenvalue weighted by Crippen LogP contribution is -2.34. The van der Waals surface area contributed by atoms with Gasteiger partial charge in [0.1, 0.15) is 5.82 Å². The number of benzene rings is 1. The number of amides is 2. The lowest BCUT2D eigenvalue weighted by molar-refractivity contribution is 0.212. The number of carbonyl (C=O) groups excluding carboxylic acids is 1.